The minimum atomic E-state index is -0.330. The van der Waals surface area contributed by atoms with Crippen LogP contribution in [-0.4, -0.2) is 34.3 Å². The molecule has 0 unspecified atom stereocenters. The van der Waals surface area contributed by atoms with Crippen LogP contribution >= 0.6 is 22.9 Å². The fourth-order valence-corrected chi connectivity index (χ4v) is 3.36. The van der Waals surface area contributed by atoms with Gasteiger partial charge in [-0.2, -0.15) is 0 Å². The molecule has 18 heavy (non-hydrogen) atoms. The van der Waals surface area contributed by atoms with E-state index in [1.165, 1.54) is 0 Å². The van der Waals surface area contributed by atoms with Gasteiger partial charge in [-0.25, -0.2) is 3.11 Å². The Morgan fingerprint density at radius 1 is 1.17 bits per heavy atom. The summed E-state index contributed by atoms with van der Waals surface area (Å²) in [5, 5.41) is 3.01. The van der Waals surface area contributed by atoms with Crippen LogP contribution in [-0.2, 0) is 4.79 Å². The minimum Gasteiger partial charge on any atom is -0.339 e. The topological polar surface area (TPSA) is 35.6 Å². The highest BCUT2D eigenvalue weighted by Gasteiger charge is 2.50. The van der Waals surface area contributed by atoms with Crippen molar-refractivity contribution < 1.29 is 4.79 Å². The molecule has 1 aromatic carbocycles. The fraction of sp³-hybridized carbons (Fsp3) is 0.462. The number of para-hydroxylation sites is 1. The molecule has 1 amide bonds. The van der Waals surface area contributed by atoms with Crippen molar-refractivity contribution in [3.05, 3.63) is 30.3 Å². The van der Waals surface area contributed by atoms with Crippen LogP contribution in [0.4, 0.5) is 5.69 Å². The molecular weight excluding hydrogens is 341 g/mol. The third-order valence-corrected chi connectivity index (χ3v) is 4.91. The Bertz CT molecular complexity index is 443. The van der Waals surface area contributed by atoms with E-state index in [1.54, 1.807) is 0 Å². The summed E-state index contributed by atoms with van der Waals surface area (Å²) in [5.74, 6) is 0.191. The van der Waals surface area contributed by atoms with Crippen molar-refractivity contribution in [1.29, 1.82) is 0 Å². The van der Waals surface area contributed by atoms with Gasteiger partial charge in [0, 0.05) is 41.6 Å². The Hall–Kier alpha value is -0.820. The molecule has 0 saturated carbocycles. The quantitative estimate of drug-likeness (QED) is 0.615. The van der Waals surface area contributed by atoms with Crippen LogP contribution in [0.15, 0.2) is 30.3 Å². The molecular formula is C13H16IN3O. The van der Waals surface area contributed by atoms with Gasteiger partial charge in [0.05, 0.1) is 6.67 Å². The Balaban J connectivity index is 1.93. The number of nitrogens with zero attached hydrogens (tertiary/aromatic N) is 2. The fourth-order valence-electron chi connectivity index (χ4n) is 2.88. The number of amides is 1. The first-order valence-electron chi connectivity index (χ1n) is 6.24. The van der Waals surface area contributed by atoms with E-state index in [9.17, 15) is 4.79 Å². The highest BCUT2D eigenvalue weighted by atomic mass is 127. The standard InChI is InChI=1S/C13H16IN3O/c14-16-8-6-13(7-9-16)12(18)15-10-17(13)11-4-2-1-3-5-11/h1-5H,6-10H2,(H,15,18). The number of carbonyl (C=O) groups excluding carboxylic acids is 1. The lowest BCUT2D eigenvalue weighted by molar-refractivity contribution is -0.124. The summed E-state index contributed by atoms with van der Waals surface area (Å²) in [5.41, 5.74) is 0.806. The molecule has 0 aliphatic carbocycles. The minimum absolute atomic E-state index is 0.191. The van der Waals surface area contributed by atoms with Crippen molar-refractivity contribution in [3.63, 3.8) is 0 Å². The molecule has 4 nitrogen and oxygen atoms in total. The van der Waals surface area contributed by atoms with Crippen molar-refractivity contribution in [2.75, 3.05) is 24.7 Å². The lowest BCUT2D eigenvalue weighted by Crippen LogP contribution is -2.55. The van der Waals surface area contributed by atoms with Gasteiger partial charge >= 0.3 is 0 Å². The molecule has 96 valence electrons. The van der Waals surface area contributed by atoms with Crippen LogP contribution in [0, 0.1) is 0 Å². The summed E-state index contributed by atoms with van der Waals surface area (Å²) in [7, 11) is 0. The number of nitrogens with one attached hydrogen (secondary N) is 1. The molecule has 1 N–H and O–H groups in total. The molecule has 0 radical (unpaired) electrons. The largest absolute Gasteiger partial charge is 0.339 e. The van der Waals surface area contributed by atoms with Crippen molar-refractivity contribution in [3.8, 4) is 0 Å². The van der Waals surface area contributed by atoms with Gasteiger partial charge < -0.3 is 10.2 Å². The monoisotopic (exact) mass is 357 g/mol. The summed E-state index contributed by atoms with van der Waals surface area (Å²) in [6, 6.07) is 10.2. The van der Waals surface area contributed by atoms with E-state index in [0.717, 1.165) is 31.6 Å². The summed E-state index contributed by atoms with van der Waals surface area (Å²) >= 11 is 2.34. The number of rotatable bonds is 1. The van der Waals surface area contributed by atoms with E-state index in [2.05, 4.69) is 48.3 Å². The number of hydrogen-bond acceptors (Lipinski definition) is 3. The molecule has 2 heterocycles. The van der Waals surface area contributed by atoms with Crippen LogP contribution in [0.5, 0.6) is 0 Å². The Morgan fingerprint density at radius 2 is 1.83 bits per heavy atom. The van der Waals surface area contributed by atoms with Gasteiger partial charge in [0.2, 0.25) is 5.91 Å². The van der Waals surface area contributed by atoms with Gasteiger partial charge in [0.1, 0.15) is 5.54 Å². The number of carbonyl (C=O) groups is 1. The van der Waals surface area contributed by atoms with Crippen LogP contribution < -0.4 is 10.2 Å². The third-order valence-electron chi connectivity index (χ3n) is 3.94. The summed E-state index contributed by atoms with van der Waals surface area (Å²) in [4.78, 5) is 14.5. The Kier molecular flexibility index (Phi) is 3.19. The molecule has 2 saturated heterocycles. The van der Waals surface area contributed by atoms with E-state index in [0.29, 0.717) is 6.67 Å². The number of piperidine rings is 1. The maximum absolute atomic E-state index is 12.3. The molecule has 1 aromatic rings. The van der Waals surface area contributed by atoms with Gasteiger partial charge in [-0.1, -0.05) is 18.2 Å². The lowest BCUT2D eigenvalue weighted by atomic mass is 9.86. The maximum Gasteiger partial charge on any atom is 0.247 e. The van der Waals surface area contributed by atoms with Gasteiger partial charge in [0.15, 0.2) is 0 Å². The second-order valence-corrected chi connectivity index (χ2v) is 6.23. The zero-order chi connectivity index (χ0) is 12.6. The Morgan fingerprint density at radius 3 is 2.50 bits per heavy atom. The van der Waals surface area contributed by atoms with E-state index in [1.807, 2.05) is 18.2 Å². The van der Waals surface area contributed by atoms with Crippen molar-refractivity contribution in [2.45, 2.75) is 18.4 Å². The zero-order valence-corrected chi connectivity index (χ0v) is 12.3. The van der Waals surface area contributed by atoms with Gasteiger partial charge in [-0.15, -0.1) is 0 Å². The first-order chi connectivity index (χ1) is 8.72. The normalized spacial score (nSPS) is 23.4. The number of hydrogen-bond donors (Lipinski definition) is 1. The second kappa shape index (κ2) is 4.70. The third kappa shape index (κ3) is 1.89. The van der Waals surface area contributed by atoms with E-state index in [-0.39, 0.29) is 11.4 Å². The van der Waals surface area contributed by atoms with Crippen molar-refractivity contribution in [1.82, 2.24) is 8.43 Å². The van der Waals surface area contributed by atoms with Crippen LogP contribution in [0.1, 0.15) is 12.8 Å². The van der Waals surface area contributed by atoms with Crippen LogP contribution in [0.2, 0.25) is 0 Å². The highest BCUT2D eigenvalue weighted by molar-refractivity contribution is 14.1. The molecule has 0 aromatic heterocycles. The molecule has 3 rings (SSSR count). The molecule has 0 atom stereocenters. The maximum atomic E-state index is 12.3. The average Bonchev–Trinajstić information content (AvgIpc) is 2.72. The van der Waals surface area contributed by atoms with E-state index in [4.69, 9.17) is 0 Å². The molecule has 2 fully saturated rings. The van der Waals surface area contributed by atoms with E-state index < -0.39 is 0 Å². The van der Waals surface area contributed by atoms with E-state index >= 15 is 0 Å². The second-order valence-electron chi connectivity index (χ2n) is 4.87. The SMILES string of the molecule is O=C1NCN(c2ccccc2)C12CCN(I)CC2. The lowest BCUT2D eigenvalue weighted by Gasteiger charge is -2.41. The summed E-state index contributed by atoms with van der Waals surface area (Å²) in [6.07, 6.45) is 1.80. The molecule has 2 aliphatic rings. The van der Waals surface area contributed by atoms with Gasteiger partial charge in [0.25, 0.3) is 0 Å². The summed E-state index contributed by atoms with van der Waals surface area (Å²) < 4.78 is 2.26. The van der Waals surface area contributed by atoms with Crippen molar-refractivity contribution >= 4 is 34.5 Å². The first kappa shape index (κ1) is 12.2. The smallest absolute Gasteiger partial charge is 0.247 e. The predicted octanol–water partition coefficient (Wildman–Crippen LogP) is 1.76. The number of anilines is 1. The van der Waals surface area contributed by atoms with Crippen LogP contribution in [0.3, 0.4) is 0 Å². The number of benzene rings is 1. The number of halogens is 1. The highest BCUT2D eigenvalue weighted by Crippen LogP contribution is 2.36. The first-order valence-corrected chi connectivity index (χ1v) is 7.21. The zero-order valence-electron chi connectivity index (χ0n) is 10.1. The average molecular weight is 357 g/mol. The van der Waals surface area contributed by atoms with Gasteiger partial charge in [-0.3, -0.25) is 4.79 Å². The molecule has 5 heteroatoms. The van der Waals surface area contributed by atoms with Crippen molar-refractivity contribution in [2.24, 2.45) is 0 Å². The van der Waals surface area contributed by atoms with Crippen LogP contribution in [0.25, 0.3) is 0 Å². The summed E-state index contributed by atoms with van der Waals surface area (Å²) in [6.45, 7) is 2.57. The molecule has 0 bridgehead atoms. The molecule has 1 spiro atoms. The Labute approximate surface area is 121 Å². The molecule has 2 aliphatic heterocycles. The van der Waals surface area contributed by atoms with Gasteiger partial charge in [-0.05, 0) is 25.0 Å². The predicted molar refractivity (Wildman–Crippen MR) is 79.5 cm³/mol.